The van der Waals surface area contributed by atoms with E-state index in [4.69, 9.17) is 11.6 Å². The van der Waals surface area contributed by atoms with Crippen molar-refractivity contribution >= 4 is 24.0 Å². The van der Waals surface area contributed by atoms with Crippen molar-refractivity contribution < 1.29 is 4.79 Å². The van der Waals surface area contributed by atoms with E-state index in [9.17, 15) is 4.79 Å². The van der Waals surface area contributed by atoms with Gasteiger partial charge in [-0.15, -0.1) is 0 Å². The summed E-state index contributed by atoms with van der Waals surface area (Å²) in [6, 6.07) is 3.35. The molecule has 1 atom stereocenters. The van der Waals surface area contributed by atoms with Gasteiger partial charge in [0.2, 0.25) is 0 Å². The van der Waals surface area contributed by atoms with Crippen LogP contribution in [0.1, 0.15) is 17.2 Å². The maximum absolute atomic E-state index is 11.1. The van der Waals surface area contributed by atoms with E-state index < -0.39 is 6.04 Å². The van der Waals surface area contributed by atoms with Crippen LogP contribution in [0.15, 0.2) is 36.9 Å². The van der Waals surface area contributed by atoms with Crippen molar-refractivity contribution in [3.8, 4) is 11.1 Å². The minimum Gasteiger partial charge on any atom is -0.378 e. The Morgan fingerprint density at radius 2 is 2.26 bits per heavy atom. The van der Waals surface area contributed by atoms with Crippen LogP contribution in [0.2, 0.25) is 5.15 Å². The molecule has 2 aromatic heterocycles. The second kappa shape index (κ2) is 4.82. The highest BCUT2D eigenvalue weighted by Gasteiger charge is 2.22. The molecule has 1 unspecified atom stereocenters. The zero-order chi connectivity index (χ0) is 13.2. The molecule has 19 heavy (non-hydrogen) atoms. The highest BCUT2D eigenvalue weighted by Crippen LogP contribution is 2.34. The first kappa shape index (κ1) is 11.9. The van der Waals surface area contributed by atoms with Gasteiger partial charge >= 0.3 is 0 Å². The van der Waals surface area contributed by atoms with Crippen LogP contribution in [0, 0.1) is 0 Å². The monoisotopic (exact) mass is 271 g/mol. The predicted octanol–water partition coefficient (Wildman–Crippen LogP) is 2.61. The minimum atomic E-state index is -0.461. The Labute approximate surface area is 115 Å². The fourth-order valence-electron chi connectivity index (χ4n) is 2.17. The van der Waals surface area contributed by atoms with E-state index in [0.29, 0.717) is 10.7 Å². The number of rotatable bonds is 2. The number of hydrogen-bond donors (Lipinski definition) is 1. The first-order valence-corrected chi connectivity index (χ1v) is 6.15. The van der Waals surface area contributed by atoms with Crippen LogP contribution in [0.4, 0.5) is 0 Å². The molecule has 3 rings (SSSR count). The molecule has 5 heteroatoms. The fraction of sp³-hybridized carbons (Fsp3) is 0.0714. The summed E-state index contributed by atoms with van der Waals surface area (Å²) in [5.41, 5.74) is 3.47. The van der Waals surface area contributed by atoms with Crippen molar-refractivity contribution in [3.05, 3.63) is 53.2 Å². The number of nitrogens with zero attached hydrogens (tertiary/aromatic N) is 2. The van der Waals surface area contributed by atoms with Crippen LogP contribution >= 0.6 is 11.6 Å². The Morgan fingerprint density at radius 3 is 3.00 bits per heavy atom. The Kier molecular flexibility index (Phi) is 3.01. The summed E-state index contributed by atoms with van der Waals surface area (Å²) in [5, 5.41) is 3.30. The first-order valence-electron chi connectivity index (χ1n) is 5.78. The van der Waals surface area contributed by atoms with Crippen molar-refractivity contribution in [2.45, 2.75) is 6.04 Å². The fourth-order valence-corrected chi connectivity index (χ4v) is 2.44. The molecule has 0 aromatic carbocycles. The van der Waals surface area contributed by atoms with Crippen LogP contribution in [-0.2, 0) is 4.79 Å². The first-order chi connectivity index (χ1) is 9.31. The maximum Gasteiger partial charge on any atom is 0.146 e. The van der Waals surface area contributed by atoms with Crippen LogP contribution in [0.5, 0.6) is 0 Å². The van der Waals surface area contributed by atoms with Gasteiger partial charge in [-0.3, -0.25) is 4.98 Å². The lowest BCUT2D eigenvalue weighted by molar-refractivity contribution is -0.109. The molecule has 0 amide bonds. The van der Waals surface area contributed by atoms with E-state index in [1.807, 2.05) is 18.2 Å². The van der Waals surface area contributed by atoms with Crippen LogP contribution in [0.3, 0.4) is 0 Å². The van der Waals surface area contributed by atoms with Gasteiger partial charge < -0.3 is 10.1 Å². The third kappa shape index (κ3) is 2.00. The third-order valence-corrected chi connectivity index (χ3v) is 3.36. The van der Waals surface area contributed by atoms with Crippen molar-refractivity contribution in [1.29, 1.82) is 0 Å². The molecule has 0 saturated heterocycles. The molecule has 94 valence electrons. The van der Waals surface area contributed by atoms with Gasteiger partial charge in [0.25, 0.3) is 0 Å². The number of halogens is 1. The topological polar surface area (TPSA) is 54.9 Å². The van der Waals surface area contributed by atoms with Gasteiger partial charge in [-0.2, -0.15) is 0 Å². The predicted molar refractivity (Wildman–Crippen MR) is 73.5 cm³/mol. The SMILES string of the molecule is O=CC1NC=Cc2c(-c3cccnc3)cnc(Cl)c21. The molecule has 0 aliphatic carbocycles. The summed E-state index contributed by atoms with van der Waals surface area (Å²) >= 11 is 6.12. The molecule has 2 aromatic rings. The molecule has 0 fully saturated rings. The number of aldehydes is 1. The Morgan fingerprint density at radius 1 is 1.37 bits per heavy atom. The van der Waals surface area contributed by atoms with Crippen molar-refractivity contribution in [2.75, 3.05) is 0 Å². The number of aromatic nitrogens is 2. The lowest BCUT2D eigenvalue weighted by atomic mass is 9.94. The summed E-state index contributed by atoms with van der Waals surface area (Å²) in [5.74, 6) is 0. The van der Waals surface area contributed by atoms with Crippen molar-refractivity contribution in [1.82, 2.24) is 15.3 Å². The third-order valence-electron chi connectivity index (χ3n) is 3.05. The molecule has 0 saturated carbocycles. The number of hydrogen-bond acceptors (Lipinski definition) is 4. The van der Waals surface area contributed by atoms with E-state index in [2.05, 4.69) is 15.3 Å². The second-order valence-electron chi connectivity index (χ2n) is 4.15. The highest BCUT2D eigenvalue weighted by atomic mass is 35.5. The zero-order valence-electron chi connectivity index (χ0n) is 9.88. The smallest absolute Gasteiger partial charge is 0.146 e. The zero-order valence-corrected chi connectivity index (χ0v) is 10.6. The lowest BCUT2D eigenvalue weighted by Crippen LogP contribution is -2.22. The molecule has 0 spiro atoms. The Balaban J connectivity index is 2.25. The Bertz CT molecular complexity index is 655. The van der Waals surface area contributed by atoms with E-state index >= 15 is 0 Å². The van der Waals surface area contributed by atoms with Gasteiger partial charge in [0, 0.05) is 35.3 Å². The molecule has 0 radical (unpaired) electrons. The van der Waals surface area contributed by atoms with Gasteiger partial charge in [-0.25, -0.2) is 4.98 Å². The molecule has 0 bridgehead atoms. The summed E-state index contributed by atoms with van der Waals surface area (Å²) in [6.07, 6.45) is 9.64. The summed E-state index contributed by atoms with van der Waals surface area (Å²) < 4.78 is 0. The standard InChI is InChI=1S/C14H10ClN3O/c15-14-13-10(3-5-17-12(13)8-19)11(7-18-14)9-2-1-4-16-6-9/h1-8,12,17H. The maximum atomic E-state index is 11.1. The normalized spacial score (nSPS) is 16.6. The number of carbonyl (C=O) groups is 1. The minimum absolute atomic E-state index is 0.344. The number of carbonyl (C=O) groups excluding carboxylic acids is 1. The van der Waals surface area contributed by atoms with E-state index in [1.54, 1.807) is 24.8 Å². The van der Waals surface area contributed by atoms with Crippen LogP contribution < -0.4 is 5.32 Å². The van der Waals surface area contributed by atoms with Crippen molar-refractivity contribution in [2.24, 2.45) is 0 Å². The van der Waals surface area contributed by atoms with Gasteiger partial charge in [0.15, 0.2) is 0 Å². The molecule has 1 aliphatic rings. The van der Waals surface area contributed by atoms with Gasteiger partial charge in [0.1, 0.15) is 17.5 Å². The van der Waals surface area contributed by atoms with Crippen molar-refractivity contribution in [3.63, 3.8) is 0 Å². The average molecular weight is 272 g/mol. The van der Waals surface area contributed by atoms with Gasteiger partial charge in [0.05, 0.1) is 0 Å². The molecule has 3 heterocycles. The summed E-state index contributed by atoms with van der Waals surface area (Å²) in [7, 11) is 0. The van der Waals surface area contributed by atoms with Gasteiger partial charge in [-0.1, -0.05) is 17.7 Å². The van der Waals surface area contributed by atoms with Crippen LogP contribution in [-0.4, -0.2) is 16.3 Å². The van der Waals surface area contributed by atoms with E-state index in [1.165, 1.54) is 0 Å². The summed E-state index contributed by atoms with van der Waals surface area (Å²) in [6.45, 7) is 0. The second-order valence-corrected chi connectivity index (χ2v) is 4.50. The molecule has 4 nitrogen and oxygen atoms in total. The number of pyridine rings is 2. The van der Waals surface area contributed by atoms with E-state index in [0.717, 1.165) is 23.0 Å². The van der Waals surface area contributed by atoms with Gasteiger partial charge in [-0.05, 0) is 23.9 Å². The highest BCUT2D eigenvalue weighted by molar-refractivity contribution is 6.30. The largest absolute Gasteiger partial charge is 0.378 e. The summed E-state index contributed by atoms with van der Waals surface area (Å²) in [4.78, 5) is 19.4. The number of fused-ring (bicyclic) bond motifs is 1. The molecular weight excluding hydrogens is 262 g/mol. The molecule has 1 aliphatic heterocycles. The lowest BCUT2D eigenvalue weighted by Gasteiger charge is -2.21. The average Bonchev–Trinajstić information content (AvgIpc) is 2.48. The molecular formula is C14H10ClN3O. The quantitative estimate of drug-likeness (QED) is 0.674. The van der Waals surface area contributed by atoms with E-state index in [-0.39, 0.29) is 0 Å². The Hall–Kier alpha value is -2.20. The number of nitrogens with one attached hydrogen (secondary N) is 1. The van der Waals surface area contributed by atoms with Crippen LogP contribution in [0.25, 0.3) is 17.2 Å². The molecule has 1 N–H and O–H groups in total.